The number of ether oxygens (including phenoxy) is 1. The molecule has 1 saturated heterocycles. The Kier molecular flexibility index (Phi) is 6.95. The number of hydrogen-bond acceptors (Lipinski definition) is 4. The lowest BCUT2D eigenvalue weighted by atomic mass is 9.86. The summed E-state index contributed by atoms with van der Waals surface area (Å²) in [6, 6.07) is 7.27. The molecule has 1 atom stereocenters. The van der Waals surface area contributed by atoms with Gasteiger partial charge in [0.1, 0.15) is 0 Å². The third-order valence-corrected chi connectivity index (χ3v) is 4.56. The number of ketones is 1. The minimum atomic E-state index is -0.571. The fourth-order valence-electron chi connectivity index (χ4n) is 3.13. The number of hydrogen-bond donors (Lipinski definition) is 1. The zero-order valence-electron chi connectivity index (χ0n) is 16.7. The van der Waals surface area contributed by atoms with Gasteiger partial charge in [-0.05, 0) is 16.9 Å². The van der Waals surface area contributed by atoms with E-state index < -0.39 is 11.7 Å². The molecule has 1 aromatic rings. The molecule has 1 heterocycles. The van der Waals surface area contributed by atoms with Crippen molar-refractivity contribution in [3.8, 4) is 0 Å². The van der Waals surface area contributed by atoms with Gasteiger partial charge >= 0.3 is 0 Å². The van der Waals surface area contributed by atoms with E-state index in [0.29, 0.717) is 24.6 Å². The smallest absolute Gasteiger partial charge is 0.292 e. The minimum absolute atomic E-state index is 0.0179. The number of nitrogens with zero attached hydrogens (tertiary/aromatic N) is 1. The molecule has 5 nitrogen and oxygen atoms in total. The van der Waals surface area contributed by atoms with Gasteiger partial charge in [0.25, 0.3) is 5.91 Å². The lowest BCUT2D eigenvalue weighted by molar-refractivity contribution is -0.118. The van der Waals surface area contributed by atoms with Crippen molar-refractivity contribution in [3.63, 3.8) is 0 Å². The van der Waals surface area contributed by atoms with Crippen molar-refractivity contribution >= 4 is 11.7 Å². The first-order chi connectivity index (χ1) is 12.2. The molecule has 0 radical (unpaired) electrons. The van der Waals surface area contributed by atoms with Gasteiger partial charge in [0.15, 0.2) is 0 Å². The average molecular weight is 360 g/mol. The Morgan fingerprint density at radius 1 is 1.23 bits per heavy atom. The first-order valence-electron chi connectivity index (χ1n) is 9.44. The van der Waals surface area contributed by atoms with Gasteiger partial charge in [-0.1, -0.05) is 58.9 Å². The van der Waals surface area contributed by atoms with Gasteiger partial charge in [-0.15, -0.1) is 0 Å². The summed E-state index contributed by atoms with van der Waals surface area (Å²) in [6.07, 6.45) is -0.0671. The molecule has 0 aliphatic carbocycles. The third kappa shape index (κ3) is 5.92. The van der Waals surface area contributed by atoms with Crippen molar-refractivity contribution in [1.82, 2.24) is 10.2 Å². The van der Waals surface area contributed by atoms with Crippen LogP contribution in [0.4, 0.5) is 0 Å². The van der Waals surface area contributed by atoms with Crippen LogP contribution >= 0.6 is 0 Å². The molecular weight excluding hydrogens is 328 g/mol. The Balaban J connectivity index is 1.86. The maximum atomic E-state index is 12.3. The van der Waals surface area contributed by atoms with E-state index in [2.05, 4.69) is 44.8 Å². The van der Waals surface area contributed by atoms with Crippen molar-refractivity contribution in [2.75, 3.05) is 32.8 Å². The predicted molar refractivity (Wildman–Crippen MR) is 104 cm³/mol. The summed E-state index contributed by atoms with van der Waals surface area (Å²) in [7, 11) is 0. The van der Waals surface area contributed by atoms with Gasteiger partial charge < -0.3 is 10.1 Å². The average Bonchev–Trinajstić information content (AvgIpc) is 2.58. The van der Waals surface area contributed by atoms with Crippen LogP contribution in [-0.4, -0.2) is 55.5 Å². The monoisotopic (exact) mass is 360 g/mol. The molecule has 1 aromatic carbocycles. The molecule has 2 rings (SSSR count). The van der Waals surface area contributed by atoms with Crippen molar-refractivity contribution in [2.45, 2.75) is 46.1 Å². The number of amides is 1. The molecule has 5 heteroatoms. The molecule has 1 aliphatic heterocycles. The topological polar surface area (TPSA) is 58.6 Å². The Morgan fingerprint density at radius 2 is 1.88 bits per heavy atom. The van der Waals surface area contributed by atoms with Crippen LogP contribution in [0, 0.1) is 5.92 Å². The Morgan fingerprint density at radius 3 is 2.46 bits per heavy atom. The number of morpholine rings is 1. The van der Waals surface area contributed by atoms with Gasteiger partial charge in [0, 0.05) is 31.7 Å². The molecule has 0 spiro atoms. The fourth-order valence-corrected chi connectivity index (χ4v) is 3.13. The molecule has 0 aromatic heterocycles. The second-order valence-electron chi connectivity index (χ2n) is 8.51. The quantitative estimate of drug-likeness (QED) is 0.626. The minimum Gasteiger partial charge on any atom is -0.374 e. The first-order valence-corrected chi connectivity index (χ1v) is 9.44. The lowest BCUT2D eigenvalue weighted by Gasteiger charge is -2.33. The second-order valence-corrected chi connectivity index (χ2v) is 8.51. The maximum Gasteiger partial charge on any atom is 0.292 e. The SMILES string of the molecule is CC(C)CN1CCOC(CNC(=O)C(=O)c2ccc(C(C)(C)C)cc2)C1. The summed E-state index contributed by atoms with van der Waals surface area (Å²) in [6.45, 7) is 14.5. The van der Waals surface area contributed by atoms with E-state index in [-0.39, 0.29) is 11.5 Å². The van der Waals surface area contributed by atoms with Crippen LogP contribution in [0.1, 0.15) is 50.5 Å². The number of carbonyl (C=O) groups is 2. The third-order valence-electron chi connectivity index (χ3n) is 4.56. The van der Waals surface area contributed by atoms with E-state index >= 15 is 0 Å². The number of Topliss-reactive ketones (excluding diaryl/α,β-unsaturated/α-hetero) is 1. The molecule has 1 aliphatic rings. The van der Waals surface area contributed by atoms with E-state index in [1.807, 2.05) is 12.1 Å². The lowest BCUT2D eigenvalue weighted by Crippen LogP contribution is -2.49. The Labute approximate surface area is 157 Å². The zero-order valence-corrected chi connectivity index (χ0v) is 16.7. The molecule has 1 unspecified atom stereocenters. The van der Waals surface area contributed by atoms with Gasteiger partial charge in [0.2, 0.25) is 5.78 Å². The highest BCUT2D eigenvalue weighted by atomic mass is 16.5. The van der Waals surface area contributed by atoms with Crippen molar-refractivity contribution in [3.05, 3.63) is 35.4 Å². The van der Waals surface area contributed by atoms with Crippen molar-refractivity contribution in [1.29, 1.82) is 0 Å². The maximum absolute atomic E-state index is 12.3. The van der Waals surface area contributed by atoms with Gasteiger partial charge in [-0.2, -0.15) is 0 Å². The summed E-state index contributed by atoms with van der Waals surface area (Å²) in [5.74, 6) is -0.473. The van der Waals surface area contributed by atoms with Crippen LogP contribution in [0.3, 0.4) is 0 Å². The Hall–Kier alpha value is -1.72. The summed E-state index contributed by atoms with van der Waals surface area (Å²) < 4.78 is 5.71. The largest absolute Gasteiger partial charge is 0.374 e. The molecule has 1 N–H and O–H groups in total. The zero-order chi connectivity index (χ0) is 19.3. The number of nitrogens with one attached hydrogen (secondary N) is 1. The van der Waals surface area contributed by atoms with Crippen LogP contribution < -0.4 is 5.32 Å². The highest BCUT2D eigenvalue weighted by Gasteiger charge is 2.23. The molecule has 26 heavy (non-hydrogen) atoms. The van der Waals surface area contributed by atoms with Gasteiger partial charge in [-0.3, -0.25) is 14.5 Å². The Bertz CT molecular complexity index is 617. The number of carbonyl (C=O) groups excluding carboxylic acids is 2. The van der Waals surface area contributed by atoms with Crippen LogP contribution in [0.15, 0.2) is 24.3 Å². The molecule has 144 valence electrons. The highest BCUT2D eigenvalue weighted by Crippen LogP contribution is 2.22. The first kappa shape index (κ1) is 20.6. The molecule has 0 saturated carbocycles. The second kappa shape index (κ2) is 8.78. The van der Waals surface area contributed by atoms with E-state index in [1.54, 1.807) is 12.1 Å². The van der Waals surface area contributed by atoms with Crippen molar-refractivity contribution in [2.24, 2.45) is 5.92 Å². The summed E-state index contributed by atoms with van der Waals surface area (Å²) >= 11 is 0. The van der Waals surface area contributed by atoms with Crippen LogP contribution in [0.25, 0.3) is 0 Å². The van der Waals surface area contributed by atoms with Crippen LogP contribution in [-0.2, 0) is 14.9 Å². The van der Waals surface area contributed by atoms with E-state index in [1.165, 1.54) is 0 Å². The van der Waals surface area contributed by atoms with Crippen LogP contribution in [0.2, 0.25) is 0 Å². The summed E-state index contributed by atoms with van der Waals surface area (Å²) in [4.78, 5) is 26.9. The molecule has 0 bridgehead atoms. The van der Waals surface area contributed by atoms with Gasteiger partial charge in [0.05, 0.1) is 12.7 Å². The van der Waals surface area contributed by atoms with E-state index in [9.17, 15) is 9.59 Å². The van der Waals surface area contributed by atoms with Crippen molar-refractivity contribution < 1.29 is 14.3 Å². The fraction of sp³-hybridized carbons (Fsp3) is 0.619. The van der Waals surface area contributed by atoms with Crippen LogP contribution in [0.5, 0.6) is 0 Å². The standard InChI is InChI=1S/C21H32N2O3/c1-15(2)13-23-10-11-26-18(14-23)12-22-20(25)19(24)16-6-8-17(9-7-16)21(3,4)5/h6-9,15,18H,10-14H2,1-5H3,(H,22,25). The number of benzene rings is 1. The summed E-state index contributed by atoms with van der Waals surface area (Å²) in [5.41, 5.74) is 1.57. The molecule has 1 amide bonds. The summed E-state index contributed by atoms with van der Waals surface area (Å²) in [5, 5.41) is 2.73. The number of rotatable bonds is 6. The molecule has 1 fully saturated rings. The molecular formula is C21H32N2O3. The van der Waals surface area contributed by atoms with Gasteiger partial charge in [-0.25, -0.2) is 0 Å². The highest BCUT2D eigenvalue weighted by molar-refractivity contribution is 6.42. The predicted octanol–water partition coefficient (Wildman–Crippen LogP) is 2.64. The van der Waals surface area contributed by atoms with E-state index in [0.717, 1.165) is 25.2 Å². The normalized spacial score (nSPS) is 18.8. The van der Waals surface area contributed by atoms with E-state index in [4.69, 9.17) is 4.74 Å².